The standard InChI is InChI=1S/C48H35N/c1-5-13-36(14-6-1)38-21-28-44(29-22-38)49(45-30-23-39(24-31-45)37-15-7-2-8-16-37)46-32-25-40(26-33-46)43-27-34-47(41-17-9-3-10-18-41)48(35-43)42-19-11-4-12-20-42/h1-35H. The minimum Gasteiger partial charge on any atom is -0.311 e. The fourth-order valence-electron chi connectivity index (χ4n) is 6.57. The molecule has 8 aromatic carbocycles. The molecule has 0 N–H and O–H groups in total. The van der Waals surface area contributed by atoms with Crippen LogP contribution >= 0.6 is 0 Å². The van der Waals surface area contributed by atoms with Crippen molar-refractivity contribution in [3.8, 4) is 55.6 Å². The van der Waals surface area contributed by atoms with Gasteiger partial charge in [-0.3, -0.25) is 0 Å². The molecule has 1 nitrogen and oxygen atoms in total. The van der Waals surface area contributed by atoms with Crippen LogP contribution in [0.1, 0.15) is 0 Å². The normalized spacial score (nSPS) is 10.9. The Morgan fingerprint density at radius 3 is 0.878 bits per heavy atom. The molecular weight excluding hydrogens is 591 g/mol. The Morgan fingerprint density at radius 2 is 0.490 bits per heavy atom. The Balaban J connectivity index is 1.17. The van der Waals surface area contributed by atoms with Crippen molar-refractivity contribution in [3.63, 3.8) is 0 Å². The number of nitrogens with zero attached hydrogens (tertiary/aromatic N) is 1. The second kappa shape index (κ2) is 13.7. The molecule has 0 spiro atoms. The lowest BCUT2D eigenvalue weighted by Crippen LogP contribution is -2.09. The van der Waals surface area contributed by atoms with E-state index in [1.165, 1.54) is 55.6 Å². The summed E-state index contributed by atoms with van der Waals surface area (Å²) in [4.78, 5) is 2.33. The molecule has 8 aromatic rings. The van der Waals surface area contributed by atoms with Crippen LogP contribution in [0.3, 0.4) is 0 Å². The van der Waals surface area contributed by atoms with Crippen molar-refractivity contribution >= 4 is 17.1 Å². The molecule has 8 rings (SSSR count). The average Bonchev–Trinajstić information content (AvgIpc) is 3.20. The smallest absolute Gasteiger partial charge is 0.0462 e. The number of hydrogen-bond donors (Lipinski definition) is 0. The number of rotatable bonds is 8. The van der Waals surface area contributed by atoms with Gasteiger partial charge < -0.3 is 4.90 Å². The van der Waals surface area contributed by atoms with Crippen LogP contribution in [0.15, 0.2) is 212 Å². The Labute approximate surface area is 289 Å². The zero-order chi connectivity index (χ0) is 32.8. The van der Waals surface area contributed by atoms with Crippen molar-refractivity contribution in [2.24, 2.45) is 0 Å². The molecule has 0 saturated heterocycles. The second-order valence-corrected chi connectivity index (χ2v) is 12.2. The van der Waals surface area contributed by atoms with Crippen molar-refractivity contribution in [2.75, 3.05) is 4.90 Å². The topological polar surface area (TPSA) is 3.24 Å². The third-order valence-corrected chi connectivity index (χ3v) is 9.11. The molecule has 0 bridgehead atoms. The summed E-state index contributed by atoms with van der Waals surface area (Å²) >= 11 is 0. The van der Waals surface area contributed by atoms with Crippen LogP contribution in [-0.4, -0.2) is 0 Å². The molecule has 49 heavy (non-hydrogen) atoms. The van der Waals surface area contributed by atoms with Gasteiger partial charge in [-0.1, -0.05) is 170 Å². The molecule has 0 aliphatic rings. The van der Waals surface area contributed by atoms with Gasteiger partial charge in [-0.15, -0.1) is 0 Å². The third-order valence-electron chi connectivity index (χ3n) is 9.11. The van der Waals surface area contributed by atoms with Gasteiger partial charge in [0.05, 0.1) is 0 Å². The van der Waals surface area contributed by atoms with Gasteiger partial charge in [-0.25, -0.2) is 0 Å². The number of anilines is 3. The molecule has 0 amide bonds. The highest BCUT2D eigenvalue weighted by atomic mass is 15.1. The van der Waals surface area contributed by atoms with Crippen LogP contribution in [0.2, 0.25) is 0 Å². The van der Waals surface area contributed by atoms with Crippen LogP contribution in [-0.2, 0) is 0 Å². The van der Waals surface area contributed by atoms with Gasteiger partial charge in [0.15, 0.2) is 0 Å². The van der Waals surface area contributed by atoms with Gasteiger partial charge in [0.2, 0.25) is 0 Å². The lowest BCUT2D eigenvalue weighted by molar-refractivity contribution is 1.28. The highest BCUT2D eigenvalue weighted by molar-refractivity contribution is 5.88. The summed E-state index contributed by atoms with van der Waals surface area (Å²) in [5.74, 6) is 0. The van der Waals surface area contributed by atoms with Crippen molar-refractivity contribution < 1.29 is 0 Å². The van der Waals surface area contributed by atoms with Gasteiger partial charge >= 0.3 is 0 Å². The molecule has 232 valence electrons. The van der Waals surface area contributed by atoms with E-state index in [4.69, 9.17) is 0 Å². The van der Waals surface area contributed by atoms with Crippen LogP contribution < -0.4 is 4.90 Å². The minimum absolute atomic E-state index is 1.10. The largest absolute Gasteiger partial charge is 0.311 e. The van der Waals surface area contributed by atoms with Crippen LogP contribution in [0.4, 0.5) is 17.1 Å². The maximum absolute atomic E-state index is 2.33. The van der Waals surface area contributed by atoms with Gasteiger partial charge in [0, 0.05) is 17.1 Å². The zero-order valence-electron chi connectivity index (χ0n) is 27.2. The lowest BCUT2D eigenvalue weighted by atomic mass is 9.91. The summed E-state index contributed by atoms with van der Waals surface area (Å²) in [5.41, 5.74) is 15.4. The van der Waals surface area contributed by atoms with E-state index in [1.807, 2.05) is 0 Å². The molecule has 0 unspecified atom stereocenters. The zero-order valence-corrected chi connectivity index (χ0v) is 27.2. The fraction of sp³-hybridized carbons (Fsp3) is 0. The molecule has 0 atom stereocenters. The van der Waals surface area contributed by atoms with Crippen molar-refractivity contribution in [3.05, 3.63) is 212 Å². The Hall–Kier alpha value is -6.44. The van der Waals surface area contributed by atoms with E-state index in [9.17, 15) is 0 Å². The molecule has 0 radical (unpaired) electrons. The monoisotopic (exact) mass is 625 g/mol. The first kappa shape index (κ1) is 29.9. The van der Waals surface area contributed by atoms with Gasteiger partial charge in [0.25, 0.3) is 0 Å². The maximum atomic E-state index is 2.33. The van der Waals surface area contributed by atoms with Crippen LogP contribution in [0, 0.1) is 0 Å². The summed E-state index contributed by atoms with van der Waals surface area (Å²) in [6, 6.07) is 75.9. The Morgan fingerprint density at radius 1 is 0.204 bits per heavy atom. The van der Waals surface area contributed by atoms with Gasteiger partial charge in [0.1, 0.15) is 0 Å². The van der Waals surface area contributed by atoms with Crippen LogP contribution in [0.25, 0.3) is 55.6 Å². The second-order valence-electron chi connectivity index (χ2n) is 12.2. The van der Waals surface area contributed by atoms with E-state index in [-0.39, 0.29) is 0 Å². The summed E-state index contributed by atoms with van der Waals surface area (Å²) in [5, 5.41) is 0. The molecule has 0 aromatic heterocycles. The molecule has 0 aliphatic carbocycles. The van der Waals surface area contributed by atoms with E-state index in [0.717, 1.165) is 17.1 Å². The first-order valence-electron chi connectivity index (χ1n) is 16.8. The quantitative estimate of drug-likeness (QED) is 0.162. The molecular formula is C48H35N. The summed E-state index contributed by atoms with van der Waals surface area (Å²) < 4.78 is 0. The first-order valence-corrected chi connectivity index (χ1v) is 16.8. The predicted octanol–water partition coefficient (Wildman–Crippen LogP) is 13.5. The highest BCUT2D eigenvalue weighted by Gasteiger charge is 2.15. The highest BCUT2D eigenvalue weighted by Crippen LogP contribution is 2.39. The number of benzene rings is 8. The fourth-order valence-corrected chi connectivity index (χ4v) is 6.57. The SMILES string of the molecule is c1ccc(-c2ccc(N(c3ccc(-c4ccccc4)cc3)c3ccc(-c4ccc(-c5ccccc5)c(-c5ccccc5)c4)cc3)cc2)cc1. The Bertz CT molecular complexity index is 2180. The van der Waals surface area contributed by atoms with Crippen LogP contribution in [0.5, 0.6) is 0 Å². The summed E-state index contributed by atoms with van der Waals surface area (Å²) in [6.45, 7) is 0. The average molecular weight is 626 g/mol. The lowest BCUT2D eigenvalue weighted by Gasteiger charge is -2.26. The Kier molecular flexibility index (Phi) is 8.39. The molecule has 0 fully saturated rings. The van der Waals surface area contributed by atoms with E-state index < -0.39 is 0 Å². The third kappa shape index (κ3) is 6.43. The minimum atomic E-state index is 1.10. The summed E-state index contributed by atoms with van der Waals surface area (Å²) in [6.07, 6.45) is 0. The summed E-state index contributed by atoms with van der Waals surface area (Å²) in [7, 11) is 0. The van der Waals surface area contributed by atoms with Gasteiger partial charge in [-0.05, 0) is 98.1 Å². The van der Waals surface area contributed by atoms with Crippen molar-refractivity contribution in [1.82, 2.24) is 0 Å². The molecule has 0 heterocycles. The van der Waals surface area contributed by atoms with Gasteiger partial charge in [-0.2, -0.15) is 0 Å². The molecule has 0 aliphatic heterocycles. The molecule has 1 heteroatoms. The van der Waals surface area contributed by atoms with E-state index in [0.29, 0.717) is 0 Å². The molecule has 0 saturated carbocycles. The van der Waals surface area contributed by atoms with Crippen molar-refractivity contribution in [2.45, 2.75) is 0 Å². The number of hydrogen-bond acceptors (Lipinski definition) is 1. The first-order chi connectivity index (χ1) is 24.3. The van der Waals surface area contributed by atoms with E-state index in [2.05, 4.69) is 217 Å². The van der Waals surface area contributed by atoms with E-state index >= 15 is 0 Å². The predicted molar refractivity (Wildman–Crippen MR) is 208 cm³/mol. The van der Waals surface area contributed by atoms with E-state index in [1.54, 1.807) is 0 Å². The maximum Gasteiger partial charge on any atom is 0.0462 e. The van der Waals surface area contributed by atoms with Crippen molar-refractivity contribution in [1.29, 1.82) is 0 Å².